The molecule has 2 aliphatic heterocycles. The van der Waals surface area contributed by atoms with E-state index in [0.29, 0.717) is 31.5 Å². The minimum Gasteiger partial charge on any atom is -0.497 e. The lowest BCUT2D eigenvalue weighted by Gasteiger charge is -2.31. The summed E-state index contributed by atoms with van der Waals surface area (Å²) in [6.45, 7) is 4.48. The van der Waals surface area contributed by atoms with Crippen molar-refractivity contribution in [3.8, 4) is 5.75 Å². The fourth-order valence-corrected chi connectivity index (χ4v) is 6.26. The average Bonchev–Trinajstić information content (AvgIpc) is 3.02. The minimum absolute atomic E-state index is 0.0661. The third-order valence-electron chi connectivity index (χ3n) is 6.86. The molecule has 9 heteroatoms. The molecule has 0 saturated carbocycles. The molecule has 8 nitrogen and oxygen atoms in total. The number of amides is 2. The van der Waals surface area contributed by atoms with E-state index in [-0.39, 0.29) is 23.3 Å². The molecule has 0 bridgehead atoms. The summed E-state index contributed by atoms with van der Waals surface area (Å²) in [4.78, 5) is 27.1. The Morgan fingerprint density at radius 3 is 2.56 bits per heavy atom. The predicted molar refractivity (Wildman–Crippen MR) is 129 cm³/mol. The Labute approximate surface area is 200 Å². The third kappa shape index (κ3) is 4.30. The Balaban J connectivity index is 1.46. The molecule has 2 aromatic rings. The molecule has 1 N–H and O–H groups in total. The largest absolute Gasteiger partial charge is 0.497 e. The topological polar surface area (TPSA) is 96.0 Å². The average molecular weight is 486 g/mol. The first-order chi connectivity index (χ1) is 16.1. The van der Waals surface area contributed by atoms with Gasteiger partial charge in [-0.2, -0.15) is 4.31 Å². The van der Waals surface area contributed by atoms with Crippen LogP contribution in [0.15, 0.2) is 47.4 Å². The molecule has 2 amide bonds. The van der Waals surface area contributed by atoms with Crippen LogP contribution in [0, 0.1) is 5.92 Å². The molecule has 182 valence electrons. The highest BCUT2D eigenvalue weighted by molar-refractivity contribution is 7.89. The van der Waals surface area contributed by atoms with Gasteiger partial charge >= 0.3 is 0 Å². The number of benzene rings is 2. The van der Waals surface area contributed by atoms with E-state index >= 15 is 0 Å². The van der Waals surface area contributed by atoms with Crippen molar-refractivity contribution in [2.24, 2.45) is 5.92 Å². The Hall–Kier alpha value is -2.91. The van der Waals surface area contributed by atoms with Crippen LogP contribution in [0.4, 0.5) is 5.69 Å². The van der Waals surface area contributed by atoms with Crippen LogP contribution in [0.25, 0.3) is 0 Å². The number of anilines is 1. The number of likely N-dealkylation sites (N-methyl/N-ethyl adjacent to an activating group) is 1. The van der Waals surface area contributed by atoms with Crippen molar-refractivity contribution in [1.82, 2.24) is 9.62 Å². The molecule has 0 aliphatic carbocycles. The number of piperidine rings is 1. The zero-order valence-corrected chi connectivity index (χ0v) is 20.8. The van der Waals surface area contributed by atoms with Gasteiger partial charge in [-0.15, -0.1) is 0 Å². The fourth-order valence-electron chi connectivity index (χ4n) is 4.71. The molecule has 1 saturated heterocycles. The summed E-state index contributed by atoms with van der Waals surface area (Å²) < 4.78 is 33.4. The smallest absolute Gasteiger partial charge is 0.243 e. The second kappa shape index (κ2) is 9.03. The summed E-state index contributed by atoms with van der Waals surface area (Å²) in [6, 6.07) is 12.3. The fraction of sp³-hybridized carbons (Fsp3) is 0.440. The van der Waals surface area contributed by atoms with E-state index in [1.165, 1.54) is 4.31 Å². The molecule has 1 atom stereocenters. The first kappa shape index (κ1) is 24.2. The normalized spacial score (nSPS) is 20.2. The highest BCUT2D eigenvalue weighted by atomic mass is 32.2. The van der Waals surface area contributed by atoms with Gasteiger partial charge in [0.2, 0.25) is 21.8 Å². The van der Waals surface area contributed by atoms with Crippen molar-refractivity contribution in [3.05, 3.63) is 53.6 Å². The van der Waals surface area contributed by atoms with E-state index in [9.17, 15) is 18.0 Å². The number of carbonyl (C=O) groups is 2. The predicted octanol–water partition coefficient (Wildman–Crippen LogP) is 2.67. The van der Waals surface area contributed by atoms with E-state index in [2.05, 4.69) is 5.32 Å². The van der Waals surface area contributed by atoms with Crippen molar-refractivity contribution >= 4 is 27.5 Å². The van der Waals surface area contributed by atoms with Gasteiger partial charge in [0.25, 0.3) is 0 Å². The number of ether oxygens (including phenoxy) is 1. The Morgan fingerprint density at radius 1 is 1.18 bits per heavy atom. The number of nitrogens with zero attached hydrogens (tertiary/aromatic N) is 2. The van der Waals surface area contributed by atoms with Gasteiger partial charge in [0.15, 0.2) is 0 Å². The number of nitrogens with one attached hydrogen (secondary N) is 1. The summed E-state index contributed by atoms with van der Waals surface area (Å²) in [5.41, 5.74) is 1.58. The van der Waals surface area contributed by atoms with Gasteiger partial charge < -0.3 is 15.0 Å². The number of methoxy groups -OCH3 is 1. The summed E-state index contributed by atoms with van der Waals surface area (Å²) in [5, 5.41) is 2.93. The Kier molecular flexibility index (Phi) is 6.44. The van der Waals surface area contributed by atoms with Gasteiger partial charge in [0.05, 0.1) is 23.3 Å². The lowest BCUT2D eigenvalue weighted by molar-refractivity contribution is -0.126. The van der Waals surface area contributed by atoms with Crippen molar-refractivity contribution in [3.63, 3.8) is 0 Å². The lowest BCUT2D eigenvalue weighted by atomic mass is 9.86. The number of rotatable bonds is 6. The van der Waals surface area contributed by atoms with Crippen LogP contribution in [0.2, 0.25) is 0 Å². The number of hydrogen-bond acceptors (Lipinski definition) is 5. The molecule has 0 radical (unpaired) electrons. The maximum atomic E-state index is 13.5. The van der Waals surface area contributed by atoms with Crippen LogP contribution in [0.1, 0.15) is 37.8 Å². The Morgan fingerprint density at radius 2 is 1.88 bits per heavy atom. The van der Waals surface area contributed by atoms with E-state index in [0.717, 1.165) is 17.0 Å². The first-order valence-electron chi connectivity index (χ1n) is 11.4. The van der Waals surface area contributed by atoms with Crippen molar-refractivity contribution < 1.29 is 22.7 Å². The molecule has 0 unspecified atom stereocenters. The number of hydrogen-bond donors (Lipinski definition) is 1. The first-order valence-corrected chi connectivity index (χ1v) is 12.8. The van der Waals surface area contributed by atoms with E-state index in [1.807, 2.05) is 24.3 Å². The maximum Gasteiger partial charge on any atom is 0.243 e. The molecule has 2 aromatic carbocycles. The number of carbonyl (C=O) groups excluding carboxylic acids is 2. The Bertz CT molecular complexity index is 1210. The number of sulfonamides is 1. The quantitative estimate of drug-likeness (QED) is 0.679. The van der Waals surface area contributed by atoms with Crippen LogP contribution in [0.3, 0.4) is 0 Å². The maximum absolute atomic E-state index is 13.5. The third-order valence-corrected chi connectivity index (χ3v) is 8.72. The monoisotopic (exact) mass is 485 g/mol. The summed E-state index contributed by atoms with van der Waals surface area (Å²) in [6.07, 6.45) is 1.24. The van der Waals surface area contributed by atoms with Gasteiger partial charge in [-0.25, -0.2) is 8.42 Å². The van der Waals surface area contributed by atoms with Gasteiger partial charge in [-0.1, -0.05) is 12.1 Å². The molecule has 0 spiro atoms. The zero-order chi connectivity index (χ0) is 24.7. The van der Waals surface area contributed by atoms with Crippen LogP contribution in [0.5, 0.6) is 5.75 Å². The lowest BCUT2D eigenvalue weighted by Crippen LogP contribution is -2.45. The second-order valence-electron chi connectivity index (χ2n) is 9.44. The summed E-state index contributed by atoms with van der Waals surface area (Å²) >= 11 is 0. The van der Waals surface area contributed by atoms with Crippen LogP contribution >= 0.6 is 0 Å². The molecule has 4 rings (SSSR count). The van der Waals surface area contributed by atoms with Gasteiger partial charge in [0.1, 0.15) is 5.75 Å². The molecule has 2 aliphatic rings. The van der Waals surface area contributed by atoms with Gasteiger partial charge in [-0.3, -0.25) is 9.59 Å². The zero-order valence-electron chi connectivity index (χ0n) is 20.0. The van der Waals surface area contributed by atoms with Crippen LogP contribution in [-0.4, -0.2) is 51.8 Å². The summed E-state index contributed by atoms with van der Waals surface area (Å²) in [7, 11) is -0.504. The molecule has 34 heavy (non-hydrogen) atoms. The van der Waals surface area contributed by atoms with Gasteiger partial charge in [-0.05, 0) is 68.1 Å². The van der Waals surface area contributed by atoms with Crippen molar-refractivity contribution in [1.29, 1.82) is 0 Å². The van der Waals surface area contributed by atoms with E-state index in [4.69, 9.17) is 4.74 Å². The van der Waals surface area contributed by atoms with E-state index in [1.54, 1.807) is 51.1 Å². The SMILES string of the molecule is COc1ccc(CNC(=O)[C@@H]2CCCN(S(=O)(=O)c3ccc4c(c3)C(C)(C)C(=O)N4C)C2)cc1. The number of fused-ring (bicyclic) bond motifs is 1. The molecule has 2 heterocycles. The minimum atomic E-state index is -3.80. The van der Waals surface area contributed by atoms with E-state index < -0.39 is 21.4 Å². The van der Waals surface area contributed by atoms with Crippen molar-refractivity contribution in [2.45, 2.75) is 43.5 Å². The van der Waals surface area contributed by atoms with Crippen LogP contribution < -0.4 is 15.0 Å². The second-order valence-corrected chi connectivity index (χ2v) is 11.4. The molecular weight excluding hydrogens is 454 g/mol. The summed E-state index contributed by atoms with van der Waals surface area (Å²) in [5.74, 6) is 0.108. The highest BCUT2D eigenvalue weighted by Crippen LogP contribution is 2.42. The molecule has 0 aromatic heterocycles. The van der Waals surface area contributed by atoms with Gasteiger partial charge in [0, 0.05) is 32.4 Å². The molecule has 1 fully saturated rings. The standard InChI is InChI=1S/C25H31N3O5S/c1-25(2)21-14-20(11-12-22(21)27(3)24(25)30)34(31,32)28-13-5-6-18(16-28)23(29)26-15-17-7-9-19(33-4)10-8-17/h7-12,14,18H,5-6,13,15-16H2,1-4H3,(H,26,29)/t18-/m1/s1. The molecular formula is C25H31N3O5S. The van der Waals surface area contributed by atoms with Crippen LogP contribution in [-0.2, 0) is 31.6 Å². The highest BCUT2D eigenvalue weighted by Gasteiger charge is 2.43. The van der Waals surface area contributed by atoms with Crippen molar-refractivity contribution in [2.75, 3.05) is 32.1 Å².